The van der Waals surface area contributed by atoms with Crippen molar-refractivity contribution in [1.29, 1.82) is 0 Å². The number of hydrogen-bond acceptors (Lipinski definition) is 5. The van der Waals surface area contributed by atoms with Gasteiger partial charge in [-0.15, -0.1) is 11.3 Å². The molecule has 0 aliphatic rings. The molecule has 3 aromatic rings. The summed E-state index contributed by atoms with van der Waals surface area (Å²) in [6.07, 6.45) is -0.650. The first-order valence-corrected chi connectivity index (χ1v) is 9.94. The summed E-state index contributed by atoms with van der Waals surface area (Å²) in [6, 6.07) is 17.8. The normalized spacial score (nSPS) is 12.1. The molecule has 0 amide bonds. The summed E-state index contributed by atoms with van der Waals surface area (Å²) in [5.74, 6) is 1.19. The lowest BCUT2D eigenvalue weighted by Gasteiger charge is -2.25. The second-order valence-electron chi connectivity index (χ2n) is 6.52. The lowest BCUT2D eigenvalue weighted by molar-refractivity contribution is 0.0632. The minimum Gasteiger partial charge on any atom is -0.497 e. The smallest absolute Gasteiger partial charge is 0.123 e. The summed E-state index contributed by atoms with van der Waals surface area (Å²) >= 11 is 1.68. The Morgan fingerprint density at radius 2 is 1.71 bits per heavy atom. The van der Waals surface area contributed by atoms with Crippen molar-refractivity contribution < 1.29 is 19.0 Å². The second-order valence-corrected chi connectivity index (χ2v) is 7.55. The molecule has 1 atom stereocenters. The van der Waals surface area contributed by atoms with Crippen molar-refractivity contribution in [3.8, 4) is 11.5 Å². The van der Waals surface area contributed by atoms with Gasteiger partial charge in [-0.1, -0.05) is 18.2 Å². The maximum absolute atomic E-state index is 13.2. The Morgan fingerprint density at radius 1 is 1.00 bits per heavy atom. The van der Waals surface area contributed by atoms with Crippen LogP contribution in [0.1, 0.15) is 10.4 Å². The molecule has 4 nitrogen and oxygen atoms in total. The van der Waals surface area contributed by atoms with Crippen LogP contribution < -0.4 is 9.47 Å². The van der Waals surface area contributed by atoms with Gasteiger partial charge >= 0.3 is 0 Å². The predicted molar refractivity (Wildman–Crippen MR) is 109 cm³/mol. The van der Waals surface area contributed by atoms with E-state index in [4.69, 9.17) is 9.47 Å². The van der Waals surface area contributed by atoms with E-state index in [9.17, 15) is 9.50 Å². The molecule has 1 aromatic heterocycles. The molecule has 0 radical (unpaired) electrons. The minimum atomic E-state index is -0.650. The van der Waals surface area contributed by atoms with E-state index in [1.807, 2.05) is 35.7 Å². The largest absolute Gasteiger partial charge is 0.497 e. The lowest BCUT2D eigenvalue weighted by atomic mass is 10.2. The molecule has 1 unspecified atom stereocenters. The molecule has 0 spiro atoms. The van der Waals surface area contributed by atoms with Crippen LogP contribution in [0.15, 0.2) is 66.0 Å². The van der Waals surface area contributed by atoms with Crippen molar-refractivity contribution in [3.63, 3.8) is 0 Å². The monoisotopic (exact) mass is 401 g/mol. The highest BCUT2D eigenvalue weighted by Gasteiger charge is 2.14. The Kier molecular flexibility index (Phi) is 7.42. The fraction of sp³-hybridized carbons (Fsp3) is 0.273. The Labute approximate surface area is 168 Å². The Morgan fingerprint density at radius 3 is 2.36 bits per heavy atom. The van der Waals surface area contributed by atoms with Gasteiger partial charge in [-0.05, 0) is 53.4 Å². The number of thiophene rings is 1. The lowest BCUT2D eigenvalue weighted by Crippen LogP contribution is -2.34. The summed E-state index contributed by atoms with van der Waals surface area (Å²) in [4.78, 5) is 3.35. The van der Waals surface area contributed by atoms with E-state index in [1.165, 1.54) is 17.0 Å². The topological polar surface area (TPSA) is 41.9 Å². The molecule has 0 fully saturated rings. The van der Waals surface area contributed by atoms with E-state index in [0.29, 0.717) is 25.4 Å². The van der Waals surface area contributed by atoms with Crippen molar-refractivity contribution in [2.45, 2.75) is 19.2 Å². The summed E-state index contributed by atoms with van der Waals surface area (Å²) in [5.41, 5.74) is 1.00. The van der Waals surface area contributed by atoms with Crippen molar-refractivity contribution >= 4 is 11.3 Å². The number of aliphatic hydroxyl groups is 1. The molecule has 3 rings (SSSR count). The highest BCUT2D eigenvalue weighted by atomic mass is 32.1. The van der Waals surface area contributed by atoms with Gasteiger partial charge in [0.2, 0.25) is 0 Å². The van der Waals surface area contributed by atoms with Crippen LogP contribution in [0.25, 0.3) is 0 Å². The predicted octanol–water partition coefficient (Wildman–Crippen LogP) is 4.34. The van der Waals surface area contributed by atoms with Crippen LogP contribution in [-0.2, 0) is 13.1 Å². The molecular weight excluding hydrogens is 377 g/mol. The molecule has 0 saturated heterocycles. The third-order valence-electron chi connectivity index (χ3n) is 4.25. The van der Waals surface area contributed by atoms with Gasteiger partial charge in [0.1, 0.15) is 30.0 Å². The average Bonchev–Trinajstić information content (AvgIpc) is 3.21. The average molecular weight is 402 g/mol. The summed E-state index contributed by atoms with van der Waals surface area (Å²) < 4.78 is 24.0. The van der Waals surface area contributed by atoms with Crippen molar-refractivity contribution in [2.24, 2.45) is 0 Å². The molecule has 1 N–H and O–H groups in total. The van der Waals surface area contributed by atoms with Crippen LogP contribution in [0.2, 0.25) is 0 Å². The van der Waals surface area contributed by atoms with E-state index < -0.39 is 6.10 Å². The maximum Gasteiger partial charge on any atom is 0.123 e. The molecule has 6 heteroatoms. The minimum absolute atomic E-state index is 0.191. The van der Waals surface area contributed by atoms with Gasteiger partial charge in [0.05, 0.1) is 7.11 Å². The number of methoxy groups -OCH3 is 1. The summed E-state index contributed by atoms with van der Waals surface area (Å²) in [5, 5.41) is 12.5. The first-order valence-electron chi connectivity index (χ1n) is 9.06. The molecule has 0 saturated carbocycles. The zero-order valence-electron chi connectivity index (χ0n) is 15.8. The van der Waals surface area contributed by atoms with Crippen LogP contribution >= 0.6 is 11.3 Å². The highest BCUT2D eigenvalue weighted by molar-refractivity contribution is 7.09. The van der Waals surface area contributed by atoms with E-state index in [-0.39, 0.29) is 12.4 Å². The zero-order valence-corrected chi connectivity index (χ0v) is 16.6. The number of aliphatic hydroxyl groups excluding tert-OH is 1. The molecule has 0 aliphatic carbocycles. The van der Waals surface area contributed by atoms with E-state index >= 15 is 0 Å². The Balaban J connectivity index is 1.57. The first-order chi connectivity index (χ1) is 13.6. The summed E-state index contributed by atoms with van der Waals surface area (Å²) in [7, 11) is 1.61. The van der Waals surface area contributed by atoms with Crippen molar-refractivity contribution in [2.75, 3.05) is 20.3 Å². The third-order valence-corrected chi connectivity index (χ3v) is 5.11. The van der Waals surface area contributed by atoms with Crippen LogP contribution in [0.5, 0.6) is 11.5 Å². The van der Waals surface area contributed by atoms with Crippen LogP contribution in [0.3, 0.4) is 0 Å². The van der Waals surface area contributed by atoms with Gasteiger partial charge in [-0.3, -0.25) is 4.90 Å². The molecular formula is C22H24FNO3S. The SMILES string of the molecule is COc1ccc(OCC(O)CN(Cc2ccc(F)cc2)Cc2cccs2)cc1. The fourth-order valence-corrected chi connectivity index (χ4v) is 3.62. The van der Waals surface area contributed by atoms with Gasteiger partial charge in [0.25, 0.3) is 0 Å². The highest BCUT2D eigenvalue weighted by Crippen LogP contribution is 2.18. The van der Waals surface area contributed by atoms with E-state index in [2.05, 4.69) is 11.0 Å². The Bertz CT molecular complexity index is 822. The number of halogens is 1. The van der Waals surface area contributed by atoms with Crippen LogP contribution in [0.4, 0.5) is 4.39 Å². The van der Waals surface area contributed by atoms with Gasteiger partial charge in [0, 0.05) is 24.5 Å². The van der Waals surface area contributed by atoms with E-state index in [1.54, 1.807) is 30.6 Å². The number of nitrogens with zero attached hydrogens (tertiary/aromatic N) is 1. The number of rotatable bonds is 10. The maximum atomic E-state index is 13.2. The number of hydrogen-bond donors (Lipinski definition) is 1. The second kappa shape index (κ2) is 10.2. The molecule has 0 aliphatic heterocycles. The van der Waals surface area contributed by atoms with Gasteiger partial charge in [-0.25, -0.2) is 4.39 Å². The van der Waals surface area contributed by atoms with Gasteiger partial charge < -0.3 is 14.6 Å². The van der Waals surface area contributed by atoms with E-state index in [0.717, 1.165) is 11.3 Å². The summed E-state index contributed by atoms with van der Waals surface area (Å²) in [6.45, 7) is 1.98. The third kappa shape index (κ3) is 6.34. The fourth-order valence-electron chi connectivity index (χ4n) is 2.87. The standard InChI is InChI=1S/C22H24FNO3S/c1-26-20-8-10-21(11-9-20)27-16-19(25)14-24(15-22-3-2-12-28-22)13-17-4-6-18(23)7-5-17/h2-12,19,25H,13-16H2,1H3. The quantitative estimate of drug-likeness (QED) is 0.549. The van der Waals surface area contributed by atoms with Crippen molar-refractivity contribution in [1.82, 2.24) is 4.90 Å². The van der Waals surface area contributed by atoms with Crippen LogP contribution in [0, 0.1) is 5.82 Å². The van der Waals surface area contributed by atoms with Gasteiger partial charge in [-0.2, -0.15) is 0 Å². The molecule has 2 aromatic carbocycles. The molecule has 0 bridgehead atoms. The molecule has 1 heterocycles. The number of benzene rings is 2. The van der Waals surface area contributed by atoms with Crippen molar-refractivity contribution in [3.05, 3.63) is 82.3 Å². The Hall–Kier alpha value is -2.41. The molecule has 28 heavy (non-hydrogen) atoms. The van der Waals surface area contributed by atoms with Crippen LogP contribution in [-0.4, -0.2) is 36.4 Å². The van der Waals surface area contributed by atoms with Gasteiger partial charge in [0.15, 0.2) is 0 Å². The molecule has 148 valence electrons. The zero-order chi connectivity index (χ0) is 19.8. The number of ether oxygens (including phenoxy) is 2. The first kappa shape index (κ1) is 20.3.